The summed E-state index contributed by atoms with van der Waals surface area (Å²) in [5.41, 5.74) is 5.68. The monoisotopic (exact) mass is 225 g/mol. The van der Waals surface area contributed by atoms with Crippen molar-refractivity contribution in [2.24, 2.45) is 5.73 Å². The molecule has 0 saturated carbocycles. The Labute approximate surface area is 97.8 Å². The molecule has 2 N–H and O–H groups in total. The van der Waals surface area contributed by atoms with Gasteiger partial charge in [-0.3, -0.25) is 9.69 Å². The number of hydrogen-bond donors (Lipinski definition) is 1. The molecule has 0 aromatic carbocycles. The van der Waals surface area contributed by atoms with E-state index in [2.05, 4.69) is 11.9 Å². The molecule has 0 aromatic heterocycles. The highest BCUT2D eigenvalue weighted by molar-refractivity contribution is 5.76. The van der Waals surface area contributed by atoms with Crippen LogP contribution < -0.4 is 5.73 Å². The zero-order valence-corrected chi connectivity index (χ0v) is 10.4. The van der Waals surface area contributed by atoms with Gasteiger partial charge in [-0.2, -0.15) is 0 Å². The van der Waals surface area contributed by atoms with Crippen LogP contribution in [0.15, 0.2) is 0 Å². The lowest BCUT2D eigenvalue weighted by molar-refractivity contribution is -0.131. The summed E-state index contributed by atoms with van der Waals surface area (Å²) < 4.78 is 0. The maximum absolute atomic E-state index is 12.0. The maximum Gasteiger partial charge on any atom is 0.224 e. The normalized spacial score (nSPS) is 32.6. The average Bonchev–Trinajstić information content (AvgIpc) is 2.39. The minimum atomic E-state index is -0.0225. The number of likely N-dealkylation sites (tertiary alicyclic amines) is 1. The molecule has 92 valence electrons. The Bertz CT molecular complexity index is 267. The van der Waals surface area contributed by atoms with Crippen LogP contribution in [0.2, 0.25) is 0 Å². The van der Waals surface area contributed by atoms with E-state index in [1.165, 1.54) is 12.8 Å². The van der Waals surface area contributed by atoms with Crippen LogP contribution in [0.4, 0.5) is 0 Å². The van der Waals surface area contributed by atoms with Crippen LogP contribution in [0.1, 0.15) is 32.6 Å². The van der Waals surface area contributed by atoms with E-state index in [1.54, 1.807) is 0 Å². The first-order valence-corrected chi connectivity index (χ1v) is 6.33. The van der Waals surface area contributed by atoms with Crippen LogP contribution in [0.3, 0.4) is 0 Å². The van der Waals surface area contributed by atoms with Gasteiger partial charge in [0, 0.05) is 37.6 Å². The summed E-state index contributed by atoms with van der Waals surface area (Å²) >= 11 is 0. The van der Waals surface area contributed by atoms with E-state index in [4.69, 9.17) is 5.73 Å². The fourth-order valence-corrected chi connectivity index (χ4v) is 2.94. The summed E-state index contributed by atoms with van der Waals surface area (Å²) in [4.78, 5) is 16.4. The second kappa shape index (κ2) is 4.72. The molecule has 2 saturated heterocycles. The molecule has 2 fully saturated rings. The van der Waals surface area contributed by atoms with Gasteiger partial charge in [0.05, 0.1) is 0 Å². The summed E-state index contributed by atoms with van der Waals surface area (Å²) in [6.07, 6.45) is 4.15. The molecular formula is C12H23N3O. The van der Waals surface area contributed by atoms with Crippen molar-refractivity contribution >= 4 is 5.91 Å². The van der Waals surface area contributed by atoms with Crippen LogP contribution in [-0.2, 0) is 4.79 Å². The van der Waals surface area contributed by atoms with E-state index < -0.39 is 0 Å². The lowest BCUT2D eigenvalue weighted by atomic mass is 10.1. The number of carbonyl (C=O) groups excluding carboxylic acids is 1. The lowest BCUT2D eigenvalue weighted by Crippen LogP contribution is -2.41. The fraction of sp³-hybridized carbons (Fsp3) is 0.917. The third-order valence-electron chi connectivity index (χ3n) is 4.00. The molecule has 3 unspecified atom stereocenters. The van der Waals surface area contributed by atoms with Gasteiger partial charge in [-0.25, -0.2) is 0 Å². The van der Waals surface area contributed by atoms with Crippen LogP contribution in [0.5, 0.6) is 0 Å². The first kappa shape index (κ1) is 11.9. The smallest absolute Gasteiger partial charge is 0.224 e. The van der Waals surface area contributed by atoms with Crippen LogP contribution >= 0.6 is 0 Å². The Hall–Kier alpha value is -0.610. The SMILES string of the molecule is CC(N)CC(=O)N1CCC2CCC(C1)N2C. The molecule has 2 rings (SSSR count). The molecule has 2 aliphatic rings. The summed E-state index contributed by atoms with van der Waals surface area (Å²) in [6, 6.07) is 1.24. The standard InChI is InChI=1S/C12H23N3O/c1-9(13)7-12(16)15-6-5-10-3-4-11(8-15)14(10)2/h9-11H,3-8,13H2,1-2H3. The van der Waals surface area contributed by atoms with Gasteiger partial charge in [-0.1, -0.05) is 0 Å². The predicted molar refractivity (Wildman–Crippen MR) is 64.0 cm³/mol. The number of carbonyl (C=O) groups is 1. The van der Waals surface area contributed by atoms with E-state index in [9.17, 15) is 4.79 Å². The third-order valence-corrected chi connectivity index (χ3v) is 4.00. The number of hydrogen-bond acceptors (Lipinski definition) is 3. The van der Waals surface area contributed by atoms with Gasteiger partial charge in [0.1, 0.15) is 0 Å². The first-order valence-electron chi connectivity index (χ1n) is 6.33. The Balaban J connectivity index is 1.95. The maximum atomic E-state index is 12.0. The van der Waals surface area contributed by atoms with Gasteiger partial charge in [-0.05, 0) is 33.2 Å². The molecule has 3 atom stereocenters. The average molecular weight is 225 g/mol. The van der Waals surface area contributed by atoms with E-state index >= 15 is 0 Å². The Morgan fingerprint density at radius 1 is 1.38 bits per heavy atom. The number of nitrogens with two attached hydrogens (primary N) is 1. The van der Waals surface area contributed by atoms with Gasteiger partial charge in [-0.15, -0.1) is 0 Å². The van der Waals surface area contributed by atoms with Crippen molar-refractivity contribution in [3.8, 4) is 0 Å². The lowest BCUT2D eigenvalue weighted by Gasteiger charge is -2.26. The van der Waals surface area contributed by atoms with Gasteiger partial charge in [0.2, 0.25) is 5.91 Å². The first-order chi connectivity index (χ1) is 7.58. The molecule has 2 bridgehead atoms. The highest BCUT2D eigenvalue weighted by Crippen LogP contribution is 2.28. The Morgan fingerprint density at radius 3 is 2.75 bits per heavy atom. The highest BCUT2D eigenvalue weighted by atomic mass is 16.2. The molecule has 0 radical (unpaired) electrons. The summed E-state index contributed by atoms with van der Waals surface area (Å²) in [5, 5.41) is 0. The van der Waals surface area contributed by atoms with Crippen LogP contribution in [0.25, 0.3) is 0 Å². The van der Waals surface area contributed by atoms with Crippen molar-refractivity contribution in [1.82, 2.24) is 9.80 Å². The zero-order chi connectivity index (χ0) is 11.7. The number of likely N-dealkylation sites (N-methyl/N-ethyl adjacent to an activating group) is 1. The molecule has 0 aliphatic carbocycles. The molecule has 4 nitrogen and oxygen atoms in total. The van der Waals surface area contributed by atoms with Gasteiger partial charge < -0.3 is 10.6 Å². The number of rotatable bonds is 2. The Morgan fingerprint density at radius 2 is 2.06 bits per heavy atom. The minimum absolute atomic E-state index is 0.0225. The third kappa shape index (κ3) is 2.38. The summed E-state index contributed by atoms with van der Waals surface area (Å²) in [6.45, 7) is 3.71. The second-order valence-electron chi connectivity index (χ2n) is 5.36. The van der Waals surface area contributed by atoms with E-state index in [0.29, 0.717) is 18.5 Å². The number of fused-ring (bicyclic) bond motifs is 2. The summed E-state index contributed by atoms with van der Waals surface area (Å²) in [5.74, 6) is 0.232. The van der Waals surface area contributed by atoms with E-state index in [-0.39, 0.29) is 11.9 Å². The van der Waals surface area contributed by atoms with Crippen LogP contribution in [0, 0.1) is 0 Å². The van der Waals surface area contributed by atoms with Crippen molar-refractivity contribution in [1.29, 1.82) is 0 Å². The topological polar surface area (TPSA) is 49.6 Å². The molecule has 1 amide bonds. The molecular weight excluding hydrogens is 202 g/mol. The van der Waals surface area contributed by atoms with Gasteiger partial charge in [0.25, 0.3) is 0 Å². The molecule has 0 spiro atoms. The fourth-order valence-electron chi connectivity index (χ4n) is 2.94. The van der Waals surface area contributed by atoms with Crippen molar-refractivity contribution in [3.63, 3.8) is 0 Å². The highest BCUT2D eigenvalue weighted by Gasteiger charge is 2.35. The van der Waals surface area contributed by atoms with Gasteiger partial charge >= 0.3 is 0 Å². The summed E-state index contributed by atoms with van der Waals surface area (Å²) in [7, 11) is 2.20. The van der Waals surface area contributed by atoms with Crippen LogP contribution in [-0.4, -0.2) is 54.0 Å². The quantitative estimate of drug-likeness (QED) is 0.741. The molecule has 2 aliphatic heterocycles. The van der Waals surface area contributed by atoms with Crippen molar-refractivity contribution in [2.75, 3.05) is 20.1 Å². The minimum Gasteiger partial charge on any atom is -0.341 e. The molecule has 2 heterocycles. The van der Waals surface area contributed by atoms with Crippen molar-refractivity contribution in [3.05, 3.63) is 0 Å². The number of nitrogens with zero attached hydrogens (tertiary/aromatic N) is 2. The zero-order valence-electron chi connectivity index (χ0n) is 10.4. The largest absolute Gasteiger partial charge is 0.341 e. The van der Waals surface area contributed by atoms with Gasteiger partial charge in [0.15, 0.2) is 0 Å². The van der Waals surface area contributed by atoms with Crippen molar-refractivity contribution in [2.45, 2.75) is 50.7 Å². The van der Waals surface area contributed by atoms with E-state index in [1.807, 2.05) is 11.8 Å². The molecule has 0 aromatic rings. The van der Waals surface area contributed by atoms with Crippen molar-refractivity contribution < 1.29 is 4.79 Å². The number of amides is 1. The predicted octanol–water partition coefficient (Wildman–Crippen LogP) is 0.419. The second-order valence-corrected chi connectivity index (χ2v) is 5.36. The molecule has 4 heteroatoms. The van der Waals surface area contributed by atoms with E-state index in [0.717, 1.165) is 19.5 Å². The molecule has 16 heavy (non-hydrogen) atoms. The Kier molecular flexibility index (Phi) is 3.50.